The second-order valence-electron chi connectivity index (χ2n) is 4.94. The predicted octanol–water partition coefficient (Wildman–Crippen LogP) is 1.56. The number of carbonyl (C=O) groups excluding carboxylic acids is 1. The fraction of sp³-hybridized carbons (Fsp3) is 0.118. The lowest BCUT2D eigenvalue weighted by Gasteiger charge is -2.09. The second kappa shape index (κ2) is 8.34. The predicted molar refractivity (Wildman–Crippen MR) is 99.1 cm³/mol. The topological polar surface area (TPSA) is 141 Å². The minimum Gasteiger partial charge on any atom is -0.494 e. The Hall–Kier alpha value is -3.55. The Morgan fingerprint density at radius 3 is 2.40 bits per heavy atom. The number of guanidine groups is 2. The second-order valence-corrected chi connectivity index (χ2v) is 4.94. The Morgan fingerprint density at radius 1 is 1.08 bits per heavy atom. The van der Waals surface area contributed by atoms with Crippen LogP contribution in [0.15, 0.2) is 58.5 Å². The quantitative estimate of drug-likeness (QED) is 0.483. The summed E-state index contributed by atoms with van der Waals surface area (Å²) in [5, 5.41) is 2.79. The van der Waals surface area contributed by atoms with Gasteiger partial charge in [0.05, 0.1) is 17.9 Å². The number of aliphatic imine (C=N–C) groups is 2. The van der Waals surface area contributed by atoms with E-state index in [-0.39, 0.29) is 17.8 Å². The molecule has 130 valence electrons. The van der Waals surface area contributed by atoms with Gasteiger partial charge in [0.2, 0.25) is 5.96 Å². The third-order valence-electron chi connectivity index (χ3n) is 3.05. The number of benzene rings is 2. The third-order valence-corrected chi connectivity index (χ3v) is 3.05. The molecule has 0 atom stereocenters. The molecule has 0 fully saturated rings. The zero-order valence-electron chi connectivity index (χ0n) is 13.8. The van der Waals surface area contributed by atoms with E-state index < -0.39 is 0 Å². The van der Waals surface area contributed by atoms with Gasteiger partial charge in [0.15, 0.2) is 5.96 Å². The van der Waals surface area contributed by atoms with E-state index in [0.717, 1.165) is 5.75 Å². The van der Waals surface area contributed by atoms with Gasteiger partial charge in [0.1, 0.15) is 5.75 Å². The van der Waals surface area contributed by atoms with Crippen molar-refractivity contribution in [1.82, 2.24) is 0 Å². The maximum atomic E-state index is 12.5. The number of nitrogens with two attached hydrogens (primary N) is 3. The molecule has 2 aromatic rings. The fourth-order valence-electron chi connectivity index (χ4n) is 2.04. The summed E-state index contributed by atoms with van der Waals surface area (Å²) in [5.74, 6) is 0.0513. The molecule has 0 aliphatic heterocycles. The average Bonchev–Trinajstić information content (AvgIpc) is 2.56. The van der Waals surface area contributed by atoms with Crippen LogP contribution in [-0.2, 0) is 0 Å². The van der Waals surface area contributed by atoms with E-state index in [2.05, 4.69) is 15.3 Å². The molecule has 0 aromatic heterocycles. The summed E-state index contributed by atoms with van der Waals surface area (Å²) in [7, 11) is 0. The zero-order valence-corrected chi connectivity index (χ0v) is 13.8. The van der Waals surface area contributed by atoms with Crippen LogP contribution in [0.2, 0.25) is 0 Å². The summed E-state index contributed by atoms with van der Waals surface area (Å²) < 4.78 is 5.37. The van der Waals surface area contributed by atoms with E-state index in [1.807, 2.05) is 6.92 Å². The molecule has 0 spiro atoms. The van der Waals surface area contributed by atoms with Crippen molar-refractivity contribution in [3.8, 4) is 5.75 Å². The highest BCUT2D eigenvalue weighted by molar-refractivity contribution is 6.08. The van der Waals surface area contributed by atoms with E-state index >= 15 is 0 Å². The van der Waals surface area contributed by atoms with Crippen molar-refractivity contribution in [2.24, 2.45) is 27.2 Å². The highest BCUT2D eigenvalue weighted by atomic mass is 16.5. The Bertz CT molecular complexity index is 795. The number of amides is 1. The van der Waals surface area contributed by atoms with Gasteiger partial charge in [-0.25, -0.2) is 4.99 Å². The minimum absolute atomic E-state index is 0.138. The van der Waals surface area contributed by atoms with Crippen molar-refractivity contribution in [1.29, 1.82) is 0 Å². The Morgan fingerprint density at radius 2 is 1.76 bits per heavy atom. The summed E-state index contributed by atoms with van der Waals surface area (Å²) in [6.45, 7) is 2.48. The smallest absolute Gasteiger partial charge is 0.257 e. The Balaban J connectivity index is 2.21. The summed E-state index contributed by atoms with van der Waals surface area (Å²) in [6, 6.07) is 13.8. The molecule has 1 amide bonds. The minimum atomic E-state index is -0.332. The van der Waals surface area contributed by atoms with Gasteiger partial charge in [-0.15, -0.1) is 0 Å². The van der Waals surface area contributed by atoms with Crippen LogP contribution in [0, 0.1) is 0 Å². The Labute approximate surface area is 145 Å². The van der Waals surface area contributed by atoms with Crippen LogP contribution in [0.25, 0.3) is 0 Å². The van der Waals surface area contributed by atoms with E-state index in [4.69, 9.17) is 21.9 Å². The molecule has 0 saturated carbocycles. The standard InChI is InChI=1S/C17H20N6O2/c1-2-25-12-9-7-11(8-10-12)21-15(24)13-5-3-4-6-14(13)22-17(20)23-16(18)19/h3-10H,2H2,1H3,(H,21,24)(H6,18,19,20,22,23). The largest absolute Gasteiger partial charge is 0.494 e. The molecule has 25 heavy (non-hydrogen) atoms. The molecule has 0 aliphatic rings. The summed E-state index contributed by atoms with van der Waals surface area (Å²) in [6.07, 6.45) is 0. The van der Waals surface area contributed by atoms with Gasteiger partial charge in [-0.2, -0.15) is 4.99 Å². The monoisotopic (exact) mass is 340 g/mol. The van der Waals surface area contributed by atoms with E-state index in [1.165, 1.54) is 0 Å². The first-order valence-electron chi connectivity index (χ1n) is 7.56. The van der Waals surface area contributed by atoms with E-state index in [9.17, 15) is 4.79 Å². The zero-order chi connectivity index (χ0) is 18.2. The number of para-hydroxylation sites is 1. The number of hydrogen-bond acceptors (Lipinski definition) is 3. The van der Waals surface area contributed by atoms with Crippen LogP contribution in [0.3, 0.4) is 0 Å². The molecular weight excluding hydrogens is 320 g/mol. The molecule has 8 heteroatoms. The molecule has 2 aromatic carbocycles. The molecule has 0 unspecified atom stereocenters. The summed E-state index contributed by atoms with van der Waals surface area (Å²) in [4.78, 5) is 20.2. The molecule has 0 saturated heterocycles. The normalized spacial score (nSPS) is 10.8. The molecule has 8 nitrogen and oxygen atoms in total. The van der Waals surface area contributed by atoms with E-state index in [1.54, 1.807) is 48.5 Å². The van der Waals surface area contributed by atoms with Gasteiger partial charge >= 0.3 is 0 Å². The first kappa shape index (κ1) is 17.8. The maximum absolute atomic E-state index is 12.5. The molecule has 0 heterocycles. The SMILES string of the molecule is CCOc1ccc(NC(=O)c2ccccc2N=C(N)N=C(N)N)cc1. The van der Waals surface area contributed by atoms with Crippen LogP contribution >= 0.6 is 0 Å². The highest BCUT2D eigenvalue weighted by Crippen LogP contribution is 2.21. The number of ether oxygens (including phenoxy) is 1. The summed E-state index contributed by atoms with van der Waals surface area (Å²) in [5.41, 5.74) is 17.5. The molecule has 0 aliphatic carbocycles. The summed E-state index contributed by atoms with van der Waals surface area (Å²) >= 11 is 0. The van der Waals surface area contributed by atoms with Crippen LogP contribution < -0.4 is 27.3 Å². The number of nitrogens with zero attached hydrogens (tertiary/aromatic N) is 2. The van der Waals surface area contributed by atoms with E-state index in [0.29, 0.717) is 23.5 Å². The third kappa shape index (κ3) is 5.24. The number of rotatable bonds is 5. The maximum Gasteiger partial charge on any atom is 0.257 e. The van der Waals surface area contributed by atoms with Crippen LogP contribution in [0.1, 0.15) is 17.3 Å². The number of hydrogen-bond donors (Lipinski definition) is 4. The molecular formula is C17H20N6O2. The lowest BCUT2D eigenvalue weighted by atomic mass is 10.1. The molecule has 0 bridgehead atoms. The first-order valence-corrected chi connectivity index (χ1v) is 7.56. The molecule has 0 radical (unpaired) electrons. The lowest BCUT2D eigenvalue weighted by Crippen LogP contribution is -2.26. The number of nitrogens with one attached hydrogen (secondary N) is 1. The van der Waals surface area contributed by atoms with Crippen molar-refractivity contribution in [3.05, 3.63) is 54.1 Å². The van der Waals surface area contributed by atoms with Crippen LogP contribution in [-0.4, -0.2) is 24.4 Å². The lowest BCUT2D eigenvalue weighted by molar-refractivity contribution is 0.102. The fourth-order valence-corrected chi connectivity index (χ4v) is 2.04. The Kier molecular flexibility index (Phi) is 5.94. The van der Waals surface area contributed by atoms with Crippen LogP contribution in [0.5, 0.6) is 5.75 Å². The van der Waals surface area contributed by atoms with Gasteiger partial charge in [0, 0.05) is 5.69 Å². The highest BCUT2D eigenvalue weighted by Gasteiger charge is 2.11. The number of anilines is 1. The van der Waals surface area contributed by atoms with Gasteiger partial charge in [-0.05, 0) is 43.3 Å². The van der Waals surface area contributed by atoms with Crippen LogP contribution in [0.4, 0.5) is 11.4 Å². The van der Waals surface area contributed by atoms with Crippen molar-refractivity contribution in [3.63, 3.8) is 0 Å². The first-order chi connectivity index (χ1) is 12.0. The number of carbonyl (C=O) groups is 1. The van der Waals surface area contributed by atoms with Crippen molar-refractivity contribution in [2.75, 3.05) is 11.9 Å². The van der Waals surface area contributed by atoms with Crippen molar-refractivity contribution >= 4 is 29.2 Å². The van der Waals surface area contributed by atoms with Crippen molar-refractivity contribution < 1.29 is 9.53 Å². The van der Waals surface area contributed by atoms with Gasteiger partial charge in [-0.1, -0.05) is 12.1 Å². The van der Waals surface area contributed by atoms with Gasteiger partial charge < -0.3 is 27.3 Å². The van der Waals surface area contributed by atoms with Gasteiger partial charge in [-0.3, -0.25) is 4.79 Å². The average molecular weight is 340 g/mol. The van der Waals surface area contributed by atoms with Gasteiger partial charge in [0.25, 0.3) is 5.91 Å². The van der Waals surface area contributed by atoms with Crippen molar-refractivity contribution in [2.45, 2.75) is 6.92 Å². The molecule has 2 rings (SSSR count). The molecule has 7 N–H and O–H groups in total.